The Bertz CT molecular complexity index is 788. The molecule has 2 aromatic rings. The second-order valence-corrected chi connectivity index (χ2v) is 7.91. The van der Waals surface area contributed by atoms with Crippen LogP contribution in [0.4, 0.5) is 10.1 Å². The number of anilines is 1. The van der Waals surface area contributed by atoms with E-state index in [0.29, 0.717) is 29.6 Å². The predicted molar refractivity (Wildman–Crippen MR) is 109 cm³/mol. The van der Waals surface area contributed by atoms with Crippen molar-refractivity contribution in [3.05, 3.63) is 64.4 Å². The molecule has 1 fully saturated rings. The first kappa shape index (κ1) is 19.8. The number of nitrogens with zero attached hydrogens (tertiary/aromatic N) is 1. The van der Waals surface area contributed by atoms with Crippen LogP contribution in [-0.4, -0.2) is 23.9 Å². The molecule has 0 aliphatic carbocycles. The Hall–Kier alpha value is -1.91. The molecule has 1 heterocycles. The molecule has 3 rings (SSSR count). The number of carbonyl (C=O) groups excluding carboxylic acids is 1. The van der Waals surface area contributed by atoms with Crippen LogP contribution < -0.4 is 5.32 Å². The van der Waals surface area contributed by atoms with Gasteiger partial charge < -0.3 is 5.32 Å². The monoisotopic (exact) mass is 388 g/mol. The highest BCUT2D eigenvalue weighted by Crippen LogP contribution is 2.27. The summed E-state index contributed by atoms with van der Waals surface area (Å²) in [6.45, 7) is 6.12. The quantitative estimate of drug-likeness (QED) is 0.738. The molecule has 0 radical (unpaired) electrons. The highest BCUT2D eigenvalue weighted by atomic mass is 35.5. The summed E-state index contributed by atoms with van der Waals surface area (Å²) in [5.74, 6) is -0.0237. The molecule has 1 unspecified atom stereocenters. The Kier molecular flexibility index (Phi) is 6.51. The SMILES string of the molecule is CC(C)c1ccccc1NC(=O)C1CCCN(Cc2c(F)cccc2Cl)C1. The molecule has 0 saturated carbocycles. The Labute approximate surface area is 165 Å². The fraction of sp³-hybridized carbons (Fsp3) is 0.409. The van der Waals surface area contributed by atoms with Crippen molar-refractivity contribution in [2.75, 3.05) is 18.4 Å². The molecular formula is C22H26ClFN2O. The minimum Gasteiger partial charge on any atom is -0.326 e. The molecular weight excluding hydrogens is 363 g/mol. The van der Waals surface area contributed by atoms with E-state index in [0.717, 1.165) is 30.6 Å². The second-order valence-electron chi connectivity index (χ2n) is 7.51. The lowest BCUT2D eigenvalue weighted by molar-refractivity contribution is -0.121. The minimum atomic E-state index is -0.292. The van der Waals surface area contributed by atoms with Gasteiger partial charge in [-0.05, 0) is 49.1 Å². The number of rotatable bonds is 5. The molecule has 1 aliphatic rings. The van der Waals surface area contributed by atoms with E-state index in [1.165, 1.54) is 6.07 Å². The van der Waals surface area contributed by atoms with Gasteiger partial charge in [-0.2, -0.15) is 0 Å². The molecule has 1 N–H and O–H groups in total. The average Bonchev–Trinajstić information content (AvgIpc) is 2.65. The van der Waals surface area contributed by atoms with Gasteiger partial charge in [0.2, 0.25) is 5.91 Å². The van der Waals surface area contributed by atoms with Gasteiger partial charge in [0.1, 0.15) is 5.82 Å². The largest absolute Gasteiger partial charge is 0.326 e. The zero-order valence-electron chi connectivity index (χ0n) is 15.8. The van der Waals surface area contributed by atoms with E-state index in [1.807, 2.05) is 24.3 Å². The van der Waals surface area contributed by atoms with Gasteiger partial charge in [-0.3, -0.25) is 9.69 Å². The Balaban J connectivity index is 1.67. The third kappa shape index (κ3) is 4.88. The van der Waals surface area contributed by atoms with Gasteiger partial charge in [-0.1, -0.05) is 49.7 Å². The van der Waals surface area contributed by atoms with Gasteiger partial charge in [-0.15, -0.1) is 0 Å². The molecule has 5 heteroatoms. The summed E-state index contributed by atoms with van der Waals surface area (Å²) in [5, 5.41) is 3.54. The predicted octanol–water partition coefficient (Wildman–Crippen LogP) is 5.45. The lowest BCUT2D eigenvalue weighted by Crippen LogP contribution is -2.40. The molecule has 3 nitrogen and oxygen atoms in total. The second kappa shape index (κ2) is 8.85. The summed E-state index contributed by atoms with van der Waals surface area (Å²) < 4.78 is 14.1. The highest BCUT2D eigenvalue weighted by molar-refractivity contribution is 6.31. The van der Waals surface area contributed by atoms with Gasteiger partial charge in [-0.25, -0.2) is 4.39 Å². The normalized spacial score (nSPS) is 17.9. The summed E-state index contributed by atoms with van der Waals surface area (Å²) in [6, 6.07) is 12.7. The van der Waals surface area contributed by atoms with Gasteiger partial charge in [0.05, 0.1) is 5.92 Å². The molecule has 2 aromatic carbocycles. The molecule has 1 aliphatic heterocycles. The summed E-state index contributed by atoms with van der Waals surface area (Å²) in [7, 11) is 0. The lowest BCUT2D eigenvalue weighted by Gasteiger charge is -2.32. The average molecular weight is 389 g/mol. The van der Waals surface area contributed by atoms with E-state index in [-0.39, 0.29) is 17.6 Å². The Morgan fingerprint density at radius 3 is 2.78 bits per heavy atom. The van der Waals surface area contributed by atoms with E-state index < -0.39 is 0 Å². The van der Waals surface area contributed by atoms with E-state index in [1.54, 1.807) is 12.1 Å². The molecule has 144 valence electrons. The van der Waals surface area contributed by atoms with E-state index in [9.17, 15) is 9.18 Å². The van der Waals surface area contributed by atoms with Crippen molar-refractivity contribution in [1.82, 2.24) is 4.90 Å². The van der Waals surface area contributed by atoms with Crippen LogP contribution >= 0.6 is 11.6 Å². The van der Waals surface area contributed by atoms with Crippen molar-refractivity contribution in [3.63, 3.8) is 0 Å². The zero-order chi connectivity index (χ0) is 19.4. The number of halogens is 2. The van der Waals surface area contributed by atoms with Crippen molar-refractivity contribution in [1.29, 1.82) is 0 Å². The van der Waals surface area contributed by atoms with E-state index in [2.05, 4.69) is 24.1 Å². The summed E-state index contributed by atoms with van der Waals surface area (Å²) in [4.78, 5) is 15.0. The van der Waals surface area contributed by atoms with Crippen LogP contribution in [0.5, 0.6) is 0 Å². The third-order valence-electron chi connectivity index (χ3n) is 5.16. The zero-order valence-corrected chi connectivity index (χ0v) is 16.6. The maximum Gasteiger partial charge on any atom is 0.228 e. The number of hydrogen-bond acceptors (Lipinski definition) is 2. The highest BCUT2D eigenvalue weighted by Gasteiger charge is 2.27. The maximum absolute atomic E-state index is 14.1. The number of carbonyl (C=O) groups is 1. The van der Waals surface area contributed by atoms with Crippen LogP contribution in [0.1, 0.15) is 43.7 Å². The van der Waals surface area contributed by atoms with Crippen molar-refractivity contribution < 1.29 is 9.18 Å². The van der Waals surface area contributed by atoms with Gasteiger partial charge in [0.15, 0.2) is 0 Å². The van der Waals surface area contributed by atoms with Crippen LogP contribution in [0.2, 0.25) is 5.02 Å². The third-order valence-corrected chi connectivity index (χ3v) is 5.51. The number of likely N-dealkylation sites (tertiary alicyclic amines) is 1. The summed E-state index contributed by atoms with van der Waals surface area (Å²) in [6.07, 6.45) is 1.76. The van der Waals surface area contributed by atoms with Crippen molar-refractivity contribution in [2.24, 2.45) is 5.92 Å². The van der Waals surface area contributed by atoms with Gasteiger partial charge >= 0.3 is 0 Å². The molecule has 0 spiro atoms. The van der Waals surface area contributed by atoms with Crippen molar-refractivity contribution in [3.8, 4) is 0 Å². The van der Waals surface area contributed by atoms with Crippen molar-refractivity contribution in [2.45, 2.75) is 39.2 Å². The first-order chi connectivity index (χ1) is 13.0. The first-order valence-corrected chi connectivity index (χ1v) is 9.88. The smallest absolute Gasteiger partial charge is 0.228 e. The van der Waals surface area contributed by atoms with Crippen LogP contribution in [0.3, 0.4) is 0 Å². The van der Waals surface area contributed by atoms with Crippen LogP contribution in [0.25, 0.3) is 0 Å². The fourth-order valence-corrected chi connectivity index (χ4v) is 3.89. The van der Waals surface area contributed by atoms with Gasteiger partial charge in [0, 0.05) is 29.4 Å². The van der Waals surface area contributed by atoms with Crippen LogP contribution in [-0.2, 0) is 11.3 Å². The maximum atomic E-state index is 14.1. The topological polar surface area (TPSA) is 32.3 Å². The number of amides is 1. The fourth-order valence-electron chi connectivity index (χ4n) is 3.67. The number of benzene rings is 2. The molecule has 27 heavy (non-hydrogen) atoms. The van der Waals surface area contributed by atoms with E-state index >= 15 is 0 Å². The Morgan fingerprint density at radius 1 is 1.26 bits per heavy atom. The molecule has 0 aromatic heterocycles. The number of piperidine rings is 1. The van der Waals surface area contributed by atoms with E-state index in [4.69, 9.17) is 11.6 Å². The van der Waals surface area contributed by atoms with Crippen LogP contribution in [0, 0.1) is 11.7 Å². The molecule has 1 atom stereocenters. The lowest BCUT2D eigenvalue weighted by atomic mass is 9.95. The summed E-state index contributed by atoms with van der Waals surface area (Å²) in [5.41, 5.74) is 2.52. The molecule has 0 bridgehead atoms. The first-order valence-electron chi connectivity index (χ1n) is 9.50. The molecule has 1 saturated heterocycles. The van der Waals surface area contributed by atoms with Gasteiger partial charge in [0.25, 0.3) is 0 Å². The number of hydrogen-bond donors (Lipinski definition) is 1. The number of para-hydroxylation sites is 1. The van der Waals surface area contributed by atoms with Crippen molar-refractivity contribution >= 4 is 23.2 Å². The standard InChI is InChI=1S/C22H26ClFN2O/c1-15(2)17-8-3-4-11-21(17)25-22(27)16-7-6-12-26(13-16)14-18-19(23)9-5-10-20(18)24/h3-5,8-11,15-16H,6-7,12-14H2,1-2H3,(H,25,27). The Morgan fingerprint density at radius 2 is 2.04 bits per heavy atom. The minimum absolute atomic E-state index is 0.0347. The molecule has 1 amide bonds. The van der Waals surface area contributed by atoms with Crippen LogP contribution in [0.15, 0.2) is 42.5 Å². The summed E-state index contributed by atoms with van der Waals surface area (Å²) >= 11 is 6.16. The number of nitrogens with one attached hydrogen (secondary N) is 1.